The van der Waals surface area contributed by atoms with Crippen molar-refractivity contribution < 1.29 is 14.3 Å². The fraction of sp³-hybridized carbons (Fsp3) is 0.150. The van der Waals surface area contributed by atoms with Crippen LogP contribution in [-0.2, 0) is 4.79 Å². The number of methoxy groups -OCH3 is 2. The Morgan fingerprint density at radius 1 is 1.03 bits per heavy atom. The molecule has 3 aromatic rings. The standard InChI is InChI=1S/C20H17Cl2N3O3S/c1-27-13-4-7-18(28-2)14(10-13)16-6-8-20(25-24-16)29-11-19(26)23-17-9-12(21)3-5-15(17)22/h3-10H,11H2,1-2H3,(H,23,26). The zero-order valence-corrected chi connectivity index (χ0v) is 17.9. The Hall–Kier alpha value is -2.48. The number of anilines is 1. The number of carbonyl (C=O) groups excluding carboxylic acids is 1. The van der Waals surface area contributed by atoms with Crippen LogP contribution in [0.2, 0.25) is 10.0 Å². The van der Waals surface area contributed by atoms with Gasteiger partial charge in [-0.15, -0.1) is 10.2 Å². The molecule has 9 heteroatoms. The van der Waals surface area contributed by atoms with E-state index in [-0.39, 0.29) is 11.7 Å². The van der Waals surface area contributed by atoms with Crippen molar-refractivity contribution in [2.24, 2.45) is 0 Å². The lowest BCUT2D eigenvalue weighted by molar-refractivity contribution is -0.113. The zero-order valence-electron chi connectivity index (χ0n) is 15.6. The first kappa shape index (κ1) is 21.2. The van der Waals surface area contributed by atoms with E-state index < -0.39 is 0 Å². The molecule has 1 aromatic heterocycles. The van der Waals surface area contributed by atoms with E-state index in [0.29, 0.717) is 38.0 Å². The summed E-state index contributed by atoms with van der Waals surface area (Å²) in [6, 6.07) is 13.9. The monoisotopic (exact) mass is 449 g/mol. The number of halogens is 2. The fourth-order valence-electron chi connectivity index (χ4n) is 2.47. The summed E-state index contributed by atoms with van der Waals surface area (Å²) in [6.07, 6.45) is 0. The van der Waals surface area contributed by atoms with Crippen LogP contribution in [0.25, 0.3) is 11.3 Å². The summed E-state index contributed by atoms with van der Waals surface area (Å²) in [5.74, 6) is 1.29. The maximum atomic E-state index is 12.2. The summed E-state index contributed by atoms with van der Waals surface area (Å²) in [7, 11) is 3.19. The molecule has 3 rings (SSSR count). The number of rotatable bonds is 7. The van der Waals surface area contributed by atoms with E-state index in [2.05, 4.69) is 15.5 Å². The Labute approximate surface area is 182 Å². The summed E-state index contributed by atoms with van der Waals surface area (Å²) in [4.78, 5) is 12.2. The highest BCUT2D eigenvalue weighted by Crippen LogP contribution is 2.32. The summed E-state index contributed by atoms with van der Waals surface area (Å²) in [5, 5.41) is 12.7. The Morgan fingerprint density at radius 2 is 1.86 bits per heavy atom. The lowest BCUT2D eigenvalue weighted by Gasteiger charge is -2.10. The molecule has 1 amide bonds. The van der Waals surface area contributed by atoms with Gasteiger partial charge in [0.05, 0.1) is 36.4 Å². The number of amides is 1. The summed E-state index contributed by atoms with van der Waals surface area (Å²) in [6.45, 7) is 0. The average Bonchev–Trinajstić information content (AvgIpc) is 2.74. The molecular weight excluding hydrogens is 433 g/mol. The van der Waals surface area contributed by atoms with Gasteiger partial charge in [0.25, 0.3) is 0 Å². The molecule has 0 saturated carbocycles. The molecule has 1 N–H and O–H groups in total. The van der Waals surface area contributed by atoms with E-state index in [1.165, 1.54) is 11.8 Å². The van der Waals surface area contributed by atoms with Gasteiger partial charge in [-0.3, -0.25) is 4.79 Å². The van der Waals surface area contributed by atoms with Crippen molar-refractivity contribution >= 4 is 46.6 Å². The van der Waals surface area contributed by atoms with Gasteiger partial charge in [0, 0.05) is 10.6 Å². The predicted octanol–water partition coefficient (Wildman–Crippen LogP) is 5.20. The normalized spacial score (nSPS) is 10.5. The maximum Gasteiger partial charge on any atom is 0.234 e. The molecule has 0 radical (unpaired) electrons. The highest BCUT2D eigenvalue weighted by Gasteiger charge is 2.11. The van der Waals surface area contributed by atoms with Gasteiger partial charge >= 0.3 is 0 Å². The van der Waals surface area contributed by atoms with Gasteiger partial charge in [-0.2, -0.15) is 0 Å². The average molecular weight is 450 g/mol. The number of hydrogen-bond acceptors (Lipinski definition) is 6. The first-order valence-corrected chi connectivity index (χ1v) is 10.2. The maximum absolute atomic E-state index is 12.2. The van der Waals surface area contributed by atoms with Crippen molar-refractivity contribution in [3.8, 4) is 22.8 Å². The Kier molecular flexibility index (Phi) is 7.19. The van der Waals surface area contributed by atoms with Gasteiger partial charge in [-0.25, -0.2) is 0 Å². The van der Waals surface area contributed by atoms with Crippen LogP contribution in [0, 0.1) is 0 Å². The molecule has 0 unspecified atom stereocenters. The third-order valence-corrected chi connectivity index (χ3v) is 5.36. The largest absolute Gasteiger partial charge is 0.497 e. The van der Waals surface area contributed by atoms with Gasteiger partial charge in [-0.05, 0) is 48.5 Å². The number of ether oxygens (including phenoxy) is 2. The van der Waals surface area contributed by atoms with Crippen LogP contribution in [0.1, 0.15) is 0 Å². The minimum absolute atomic E-state index is 0.152. The van der Waals surface area contributed by atoms with Crippen molar-refractivity contribution in [2.45, 2.75) is 5.03 Å². The molecule has 0 saturated heterocycles. The van der Waals surface area contributed by atoms with E-state index in [1.54, 1.807) is 38.5 Å². The Balaban J connectivity index is 1.65. The second-order valence-corrected chi connectivity index (χ2v) is 7.62. The lowest BCUT2D eigenvalue weighted by Crippen LogP contribution is -2.14. The SMILES string of the molecule is COc1ccc(OC)c(-c2ccc(SCC(=O)Nc3cc(Cl)ccc3Cl)nn2)c1. The van der Waals surface area contributed by atoms with Gasteiger partial charge in [0.1, 0.15) is 16.5 Å². The van der Waals surface area contributed by atoms with Crippen molar-refractivity contribution in [2.75, 3.05) is 25.3 Å². The van der Waals surface area contributed by atoms with Gasteiger partial charge in [-0.1, -0.05) is 35.0 Å². The van der Waals surface area contributed by atoms with Crippen LogP contribution in [0.5, 0.6) is 11.5 Å². The zero-order chi connectivity index (χ0) is 20.8. The minimum atomic E-state index is -0.223. The number of benzene rings is 2. The Morgan fingerprint density at radius 3 is 2.55 bits per heavy atom. The van der Waals surface area contributed by atoms with Crippen LogP contribution in [0.15, 0.2) is 53.6 Å². The quantitative estimate of drug-likeness (QED) is 0.499. The smallest absolute Gasteiger partial charge is 0.234 e. The lowest BCUT2D eigenvalue weighted by atomic mass is 10.1. The number of thioether (sulfide) groups is 1. The second kappa shape index (κ2) is 9.82. The van der Waals surface area contributed by atoms with Crippen LogP contribution < -0.4 is 14.8 Å². The van der Waals surface area contributed by atoms with Crippen LogP contribution in [0.4, 0.5) is 5.69 Å². The van der Waals surface area contributed by atoms with Crippen LogP contribution in [0.3, 0.4) is 0 Å². The minimum Gasteiger partial charge on any atom is -0.497 e. The topological polar surface area (TPSA) is 73.3 Å². The first-order chi connectivity index (χ1) is 14.0. The first-order valence-electron chi connectivity index (χ1n) is 8.44. The molecule has 0 aliphatic carbocycles. The second-order valence-electron chi connectivity index (χ2n) is 5.78. The van der Waals surface area contributed by atoms with Gasteiger partial charge < -0.3 is 14.8 Å². The summed E-state index contributed by atoms with van der Waals surface area (Å²) < 4.78 is 10.6. The van der Waals surface area contributed by atoms with E-state index in [1.807, 2.05) is 24.3 Å². The molecule has 6 nitrogen and oxygen atoms in total. The molecule has 0 atom stereocenters. The van der Waals surface area contributed by atoms with E-state index >= 15 is 0 Å². The van der Waals surface area contributed by atoms with Crippen molar-refractivity contribution in [3.63, 3.8) is 0 Å². The molecule has 29 heavy (non-hydrogen) atoms. The molecule has 2 aromatic carbocycles. The van der Waals surface area contributed by atoms with Crippen LogP contribution in [-0.4, -0.2) is 36.1 Å². The summed E-state index contributed by atoms with van der Waals surface area (Å²) >= 11 is 13.2. The molecule has 1 heterocycles. The molecule has 0 aliphatic rings. The van der Waals surface area contributed by atoms with E-state index in [0.717, 1.165) is 5.56 Å². The highest BCUT2D eigenvalue weighted by atomic mass is 35.5. The highest BCUT2D eigenvalue weighted by molar-refractivity contribution is 7.99. The van der Waals surface area contributed by atoms with Crippen molar-refractivity contribution in [1.82, 2.24) is 10.2 Å². The molecule has 0 fully saturated rings. The number of aromatic nitrogens is 2. The molecule has 150 valence electrons. The number of nitrogens with zero attached hydrogens (tertiary/aromatic N) is 2. The Bertz CT molecular complexity index is 1020. The predicted molar refractivity (Wildman–Crippen MR) is 116 cm³/mol. The van der Waals surface area contributed by atoms with Crippen LogP contribution >= 0.6 is 35.0 Å². The van der Waals surface area contributed by atoms with Crippen molar-refractivity contribution in [1.29, 1.82) is 0 Å². The summed E-state index contributed by atoms with van der Waals surface area (Å²) in [5.41, 5.74) is 1.88. The molecule has 0 bridgehead atoms. The van der Waals surface area contributed by atoms with E-state index in [9.17, 15) is 4.79 Å². The number of carbonyl (C=O) groups is 1. The number of nitrogens with one attached hydrogen (secondary N) is 1. The third-order valence-electron chi connectivity index (χ3n) is 3.88. The van der Waals surface area contributed by atoms with Gasteiger partial charge in [0.15, 0.2) is 0 Å². The molecule has 0 aliphatic heterocycles. The van der Waals surface area contributed by atoms with Gasteiger partial charge in [0.2, 0.25) is 5.91 Å². The fourth-order valence-corrected chi connectivity index (χ4v) is 3.42. The van der Waals surface area contributed by atoms with E-state index in [4.69, 9.17) is 32.7 Å². The number of hydrogen-bond donors (Lipinski definition) is 1. The molecule has 0 spiro atoms. The third kappa shape index (κ3) is 5.53. The van der Waals surface area contributed by atoms with Crippen molar-refractivity contribution in [3.05, 3.63) is 58.6 Å². The molecular formula is C20H17Cl2N3O3S.